The summed E-state index contributed by atoms with van der Waals surface area (Å²) in [6, 6.07) is 39.2. The summed E-state index contributed by atoms with van der Waals surface area (Å²) in [6.07, 6.45) is -11.5. The van der Waals surface area contributed by atoms with Gasteiger partial charge in [-0.15, -0.1) is 0 Å². The Labute approximate surface area is 343 Å². The van der Waals surface area contributed by atoms with Crippen molar-refractivity contribution in [2.45, 2.75) is 127 Å². The number of hydrogen-bond acceptors (Lipinski definition) is 11. The average Bonchev–Trinajstić information content (AvgIpc) is 3.22. The van der Waals surface area contributed by atoms with Gasteiger partial charge in [0.1, 0.15) is 48.8 Å². The molecule has 2 aliphatic rings. The van der Waals surface area contributed by atoms with Crippen LogP contribution < -0.4 is 0 Å². The number of benzene rings is 4. The molecular weight excluding hydrogens is 757 g/mol. The topological polar surface area (TPSA) is 135 Å². The van der Waals surface area contributed by atoms with Crippen LogP contribution in [0.5, 0.6) is 0 Å². The zero-order valence-corrected chi connectivity index (χ0v) is 35.2. The lowest BCUT2D eigenvalue weighted by molar-refractivity contribution is -0.367. The van der Waals surface area contributed by atoms with E-state index in [1.807, 2.05) is 121 Å². The van der Waals surface area contributed by atoms with Gasteiger partial charge in [-0.1, -0.05) is 142 Å². The van der Waals surface area contributed by atoms with Crippen molar-refractivity contribution in [3.05, 3.63) is 144 Å². The van der Waals surface area contributed by atoms with Crippen LogP contribution in [0.2, 0.25) is 18.1 Å². The van der Waals surface area contributed by atoms with Crippen LogP contribution in [0.25, 0.3) is 0 Å². The van der Waals surface area contributed by atoms with E-state index in [0.29, 0.717) is 6.61 Å². The smallest absolute Gasteiger partial charge is 0.192 e. The third-order valence-corrected chi connectivity index (χ3v) is 15.7. The molecule has 0 aromatic heterocycles. The summed E-state index contributed by atoms with van der Waals surface area (Å²) in [5.41, 5.74) is 3.79. The molecule has 3 N–H and O–H groups in total. The van der Waals surface area contributed by atoms with Gasteiger partial charge in [0, 0.05) is 0 Å². The maximum atomic E-state index is 11.8. The summed E-state index contributed by atoms with van der Waals surface area (Å²) in [6.45, 7) is 11.6. The number of ether oxygens (including phenoxy) is 7. The molecule has 0 bridgehead atoms. The van der Waals surface area contributed by atoms with Gasteiger partial charge in [-0.3, -0.25) is 0 Å². The van der Waals surface area contributed by atoms with Crippen LogP contribution in [0.4, 0.5) is 0 Å². The van der Waals surface area contributed by atoms with Crippen LogP contribution in [-0.4, -0.2) is 98.3 Å². The Morgan fingerprint density at radius 3 is 1.45 bits per heavy atom. The van der Waals surface area contributed by atoms with Gasteiger partial charge in [-0.05, 0) is 40.4 Å². The average molecular weight is 817 g/mol. The van der Waals surface area contributed by atoms with E-state index in [1.54, 1.807) is 0 Å². The summed E-state index contributed by atoms with van der Waals surface area (Å²) in [5, 5.41) is 34.0. The highest BCUT2D eigenvalue weighted by molar-refractivity contribution is 6.74. The SMILES string of the molecule is CC(C)(C)[Si](C)(C)OC[C@H]1O[C@H](O)[C@@H](O)[C@@H](OC2O[C@H](COCc3ccccc3)[C@@H](OCc3ccccc3)[C@H](OCc3ccccc3)[C@H]2OCc2ccccc2)[C@@H]1O. The van der Waals surface area contributed by atoms with Crippen molar-refractivity contribution in [2.24, 2.45) is 0 Å². The molecule has 2 aliphatic heterocycles. The van der Waals surface area contributed by atoms with Gasteiger partial charge in [0.15, 0.2) is 20.9 Å². The van der Waals surface area contributed by atoms with Gasteiger partial charge >= 0.3 is 0 Å². The molecule has 10 atom stereocenters. The minimum absolute atomic E-state index is 0.00504. The lowest BCUT2D eigenvalue weighted by atomic mass is 9.96. The van der Waals surface area contributed by atoms with Crippen molar-refractivity contribution >= 4 is 8.32 Å². The van der Waals surface area contributed by atoms with Crippen molar-refractivity contribution in [2.75, 3.05) is 13.2 Å². The Bertz CT molecular complexity index is 1760. The number of aliphatic hydroxyl groups excluding tert-OH is 3. The predicted molar refractivity (Wildman–Crippen MR) is 221 cm³/mol. The van der Waals surface area contributed by atoms with Crippen molar-refractivity contribution in [3.8, 4) is 0 Å². The third-order valence-electron chi connectivity index (χ3n) is 11.2. The molecule has 0 radical (unpaired) electrons. The molecule has 58 heavy (non-hydrogen) atoms. The highest BCUT2D eigenvalue weighted by atomic mass is 28.4. The van der Waals surface area contributed by atoms with Crippen LogP contribution in [0.1, 0.15) is 43.0 Å². The van der Waals surface area contributed by atoms with Crippen molar-refractivity contribution in [3.63, 3.8) is 0 Å². The number of hydrogen-bond donors (Lipinski definition) is 3. The molecule has 2 fully saturated rings. The lowest BCUT2D eigenvalue weighted by Crippen LogP contribution is -2.66. The molecule has 0 aliphatic carbocycles. The molecule has 0 spiro atoms. The first-order valence-corrected chi connectivity index (χ1v) is 23.0. The molecule has 0 saturated carbocycles. The quantitative estimate of drug-likeness (QED) is 0.0947. The molecule has 11 nitrogen and oxygen atoms in total. The van der Waals surface area contributed by atoms with Gasteiger partial charge in [-0.2, -0.15) is 0 Å². The molecule has 12 heteroatoms. The van der Waals surface area contributed by atoms with E-state index in [9.17, 15) is 15.3 Å². The van der Waals surface area contributed by atoms with Gasteiger partial charge in [0.2, 0.25) is 0 Å². The van der Waals surface area contributed by atoms with Gasteiger partial charge < -0.3 is 52.9 Å². The van der Waals surface area contributed by atoms with Crippen LogP contribution in [0.15, 0.2) is 121 Å². The molecule has 2 heterocycles. The van der Waals surface area contributed by atoms with Gasteiger partial charge in [-0.25, -0.2) is 0 Å². The van der Waals surface area contributed by atoms with Crippen molar-refractivity contribution < 1.29 is 52.9 Å². The lowest BCUT2D eigenvalue weighted by Gasteiger charge is -2.49. The Morgan fingerprint density at radius 1 is 0.517 bits per heavy atom. The zero-order valence-electron chi connectivity index (χ0n) is 34.2. The molecule has 4 aromatic rings. The normalized spacial score (nSPS) is 28.0. The summed E-state index contributed by atoms with van der Waals surface area (Å²) in [7, 11) is -2.27. The van der Waals surface area contributed by atoms with Crippen LogP contribution in [0, 0.1) is 0 Å². The Kier molecular flexibility index (Phi) is 15.8. The second-order valence-electron chi connectivity index (χ2n) is 16.5. The fourth-order valence-corrected chi connectivity index (χ4v) is 7.75. The first-order chi connectivity index (χ1) is 27.9. The molecule has 1 unspecified atom stereocenters. The summed E-state index contributed by atoms with van der Waals surface area (Å²) >= 11 is 0. The summed E-state index contributed by atoms with van der Waals surface area (Å²) in [4.78, 5) is 0. The number of rotatable bonds is 18. The fraction of sp³-hybridized carbons (Fsp3) is 0.478. The Morgan fingerprint density at radius 2 is 0.966 bits per heavy atom. The molecule has 6 rings (SSSR count). The first-order valence-electron chi connectivity index (χ1n) is 20.1. The maximum absolute atomic E-state index is 11.8. The fourth-order valence-electron chi connectivity index (χ4n) is 6.73. The molecule has 2 saturated heterocycles. The maximum Gasteiger partial charge on any atom is 0.192 e. The van der Waals surface area contributed by atoms with E-state index in [0.717, 1.165) is 22.3 Å². The molecule has 0 amide bonds. The first kappa shape index (κ1) is 44.2. The third kappa shape index (κ3) is 11.9. The standard InChI is InChI=1S/C46H60O11Si/c1-46(2,3)58(4,5)54-31-36-38(47)41(39(48)44(49)55-36)57-45-43(53-29-35-24-16-9-17-25-35)42(52-28-34-22-14-8-15-23-34)40(51-27-33-20-12-7-13-21-33)37(56-45)30-50-26-32-18-10-6-11-19-32/h6-25,36-45,47-49H,26-31H2,1-5H3/t36-,37-,38-,39+,40-,41+,42+,43-,44+,45?/m1/s1. The van der Waals surface area contributed by atoms with E-state index in [2.05, 4.69) is 33.9 Å². The summed E-state index contributed by atoms with van der Waals surface area (Å²) in [5.74, 6) is 0. The van der Waals surface area contributed by atoms with Crippen LogP contribution in [-0.2, 0) is 64.0 Å². The largest absolute Gasteiger partial charge is 0.414 e. The Balaban J connectivity index is 1.33. The molecule has 314 valence electrons. The predicted octanol–water partition coefficient (Wildman–Crippen LogP) is 6.53. The number of aliphatic hydroxyl groups is 3. The van der Waals surface area contributed by atoms with E-state index < -0.39 is 69.7 Å². The summed E-state index contributed by atoms with van der Waals surface area (Å²) < 4.78 is 52.1. The minimum Gasteiger partial charge on any atom is -0.414 e. The van der Waals surface area contributed by atoms with E-state index >= 15 is 0 Å². The van der Waals surface area contributed by atoms with E-state index in [4.69, 9.17) is 37.6 Å². The highest BCUT2D eigenvalue weighted by Crippen LogP contribution is 2.38. The van der Waals surface area contributed by atoms with Crippen molar-refractivity contribution in [1.82, 2.24) is 0 Å². The molecular formula is C46H60O11Si. The van der Waals surface area contributed by atoms with Crippen LogP contribution in [0.3, 0.4) is 0 Å². The monoisotopic (exact) mass is 816 g/mol. The second kappa shape index (κ2) is 20.8. The second-order valence-corrected chi connectivity index (χ2v) is 21.4. The van der Waals surface area contributed by atoms with E-state index in [-0.39, 0.29) is 38.1 Å². The van der Waals surface area contributed by atoms with E-state index in [1.165, 1.54) is 0 Å². The zero-order chi connectivity index (χ0) is 41.1. The highest BCUT2D eigenvalue weighted by Gasteiger charge is 2.53. The van der Waals surface area contributed by atoms with Gasteiger partial charge in [0.05, 0.1) is 39.6 Å². The molecule has 4 aromatic carbocycles. The Hall–Kier alpha value is -3.34. The minimum atomic E-state index is -2.27. The van der Waals surface area contributed by atoms with Crippen molar-refractivity contribution in [1.29, 1.82) is 0 Å². The van der Waals surface area contributed by atoms with Gasteiger partial charge in [0.25, 0.3) is 0 Å². The van der Waals surface area contributed by atoms with Crippen LogP contribution >= 0.6 is 0 Å².